The standard InChI is InChI=1S/C17H25N3O4/c1-5-8-20(10-15(21)22)13(4)16(23)19-17(24)18-14-7-6-11(2)9-12(14)3/h6-7,9,13H,5,8,10H2,1-4H3,(H,21,22)(H2,18,19,23,24). The summed E-state index contributed by atoms with van der Waals surface area (Å²) in [6, 6.07) is 4.21. The number of nitrogens with one attached hydrogen (secondary N) is 2. The fraction of sp³-hybridized carbons (Fsp3) is 0.471. The number of imide groups is 1. The third-order valence-electron chi connectivity index (χ3n) is 3.64. The van der Waals surface area contributed by atoms with Gasteiger partial charge in [0, 0.05) is 5.69 Å². The Hall–Kier alpha value is -2.41. The third-order valence-corrected chi connectivity index (χ3v) is 3.64. The number of aliphatic carboxylic acids is 1. The number of urea groups is 1. The number of hydrogen-bond donors (Lipinski definition) is 3. The summed E-state index contributed by atoms with van der Waals surface area (Å²) >= 11 is 0. The molecule has 0 spiro atoms. The van der Waals surface area contributed by atoms with Crippen molar-refractivity contribution < 1.29 is 19.5 Å². The quantitative estimate of drug-likeness (QED) is 0.709. The zero-order valence-corrected chi connectivity index (χ0v) is 14.5. The molecule has 3 N–H and O–H groups in total. The van der Waals surface area contributed by atoms with Gasteiger partial charge in [-0.25, -0.2) is 4.79 Å². The molecule has 7 heteroatoms. The van der Waals surface area contributed by atoms with Crippen LogP contribution in [-0.4, -0.2) is 47.0 Å². The Kier molecular flexibility index (Phi) is 7.38. The van der Waals surface area contributed by atoms with E-state index >= 15 is 0 Å². The molecule has 3 amide bonds. The highest BCUT2D eigenvalue weighted by Crippen LogP contribution is 2.15. The van der Waals surface area contributed by atoms with Crippen LogP contribution in [0.3, 0.4) is 0 Å². The average Bonchev–Trinajstić information content (AvgIpc) is 2.48. The van der Waals surface area contributed by atoms with E-state index in [-0.39, 0.29) is 6.54 Å². The molecule has 1 aromatic carbocycles. The van der Waals surface area contributed by atoms with Crippen molar-refractivity contribution in [1.82, 2.24) is 10.2 Å². The highest BCUT2D eigenvalue weighted by atomic mass is 16.4. The van der Waals surface area contributed by atoms with Crippen molar-refractivity contribution in [3.05, 3.63) is 29.3 Å². The molecule has 0 aromatic heterocycles. The van der Waals surface area contributed by atoms with Crippen molar-refractivity contribution in [3.8, 4) is 0 Å². The Morgan fingerprint density at radius 3 is 2.46 bits per heavy atom. The normalized spacial score (nSPS) is 11.9. The third kappa shape index (κ3) is 6.00. The maximum atomic E-state index is 12.2. The van der Waals surface area contributed by atoms with Gasteiger partial charge in [0.2, 0.25) is 5.91 Å². The Morgan fingerprint density at radius 2 is 1.92 bits per heavy atom. The van der Waals surface area contributed by atoms with E-state index in [0.29, 0.717) is 18.7 Å². The van der Waals surface area contributed by atoms with Gasteiger partial charge in [0.05, 0.1) is 12.6 Å². The molecule has 1 unspecified atom stereocenters. The van der Waals surface area contributed by atoms with Gasteiger partial charge in [-0.3, -0.25) is 19.8 Å². The SMILES string of the molecule is CCCN(CC(=O)O)C(C)C(=O)NC(=O)Nc1ccc(C)cc1C. The minimum Gasteiger partial charge on any atom is -0.480 e. The molecule has 0 fully saturated rings. The lowest BCUT2D eigenvalue weighted by atomic mass is 10.1. The van der Waals surface area contributed by atoms with Crippen LogP contribution in [0.25, 0.3) is 0 Å². The molecular weight excluding hydrogens is 310 g/mol. The topological polar surface area (TPSA) is 98.7 Å². The molecule has 0 aliphatic rings. The van der Waals surface area contributed by atoms with Gasteiger partial charge in [-0.1, -0.05) is 24.6 Å². The molecule has 0 aliphatic carbocycles. The highest BCUT2D eigenvalue weighted by molar-refractivity contribution is 6.03. The monoisotopic (exact) mass is 335 g/mol. The first-order valence-electron chi connectivity index (χ1n) is 7.89. The van der Waals surface area contributed by atoms with Gasteiger partial charge in [-0.05, 0) is 45.4 Å². The summed E-state index contributed by atoms with van der Waals surface area (Å²) in [5.74, 6) is -1.55. The van der Waals surface area contributed by atoms with Gasteiger partial charge < -0.3 is 10.4 Å². The molecule has 0 radical (unpaired) electrons. The van der Waals surface area contributed by atoms with E-state index < -0.39 is 23.9 Å². The molecule has 132 valence electrons. The molecule has 0 saturated carbocycles. The summed E-state index contributed by atoms with van der Waals surface area (Å²) in [6.07, 6.45) is 0.708. The molecular formula is C17H25N3O4. The van der Waals surface area contributed by atoms with Gasteiger partial charge in [0.1, 0.15) is 0 Å². The smallest absolute Gasteiger partial charge is 0.325 e. The summed E-state index contributed by atoms with van der Waals surface area (Å²) in [5.41, 5.74) is 2.59. The molecule has 1 atom stereocenters. The minimum absolute atomic E-state index is 0.249. The van der Waals surface area contributed by atoms with Crippen molar-refractivity contribution in [2.24, 2.45) is 0 Å². The lowest BCUT2D eigenvalue weighted by Gasteiger charge is -2.25. The predicted molar refractivity (Wildman–Crippen MR) is 92.0 cm³/mol. The average molecular weight is 335 g/mol. The van der Waals surface area contributed by atoms with Crippen LogP contribution in [0.4, 0.5) is 10.5 Å². The maximum absolute atomic E-state index is 12.2. The lowest BCUT2D eigenvalue weighted by Crippen LogP contribution is -2.49. The number of aryl methyl sites for hydroxylation is 2. The van der Waals surface area contributed by atoms with Gasteiger partial charge in [0.25, 0.3) is 0 Å². The van der Waals surface area contributed by atoms with Gasteiger partial charge >= 0.3 is 12.0 Å². The van der Waals surface area contributed by atoms with E-state index in [2.05, 4.69) is 10.6 Å². The van der Waals surface area contributed by atoms with Gasteiger partial charge in [-0.15, -0.1) is 0 Å². The lowest BCUT2D eigenvalue weighted by molar-refractivity contribution is -0.139. The van der Waals surface area contributed by atoms with E-state index in [9.17, 15) is 14.4 Å². The number of amides is 3. The van der Waals surface area contributed by atoms with E-state index in [0.717, 1.165) is 11.1 Å². The largest absolute Gasteiger partial charge is 0.480 e. The zero-order valence-electron chi connectivity index (χ0n) is 14.5. The Bertz CT molecular complexity index is 616. The molecule has 0 aliphatic heterocycles. The van der Waals surface area contributed by atoms with E-state index in [1.165, 1.54) is 4.90 Å². The van der Waals surface area contributed by atoms with Crippen LogP contribution in [0.15, 0.2) is 18.2 Å². The molecule has 24 heavy (non-hydrogen) atoms. The molecule has 1 rings (SSSR count). The molecule has 7 nitrogen and oxygen atoms in total. The number of carboxylic acid groups (broad SMARTS) is 1. The summed E-state index contributed by atoms with van der Waals surface area (Å²) in [7, 11) is 0. The zero-order chi connectivity index (χ0) is 18.3. The van der Waals surface area contributed by atoms with Gasteiger partial charge in [0.15, 0.2) is 0 Å². The first kappa shape index (κ1) is 19.6. The second-order valence-electron chi connectivity index (χ2n) is 5.80. The van der Waals surface area contributed by atoms with Crippen molar-refractivity contribution in [1.29, 1.82) is 0 Å². The van der Waals surface area contributed by atoms with Crippen LogP contribution < -0.4 is 10.6 Å². The van der Waals surface area contributed by atoms with Gasteiger partial charge in [-0.2, -0.15) is 0 Å². The van der Waals surface area contributed by atoms with Crippen LogP contribution in [-0.2, 0) is 9.59 Å². The van der Waals surface area contributed by atoms with Crippen molar-refractivity contribution in [3.63, 3.8) is 0 Å². The number of carbonyl (C=O) groups is 3. The number of benzene rings is 1. The second kappa shape index (κ2) is 9.02. The van der Waals surface area contributed by atoms with Crippen molar-refractivity contribution in [2.75, 3.05) is 18.4 Å². The Morgan fingerprint density at radius 1 is 1.25 bits per heavy atom. The molecule has 1 aromatic rings. The number of carbonyl (C=O) groups excluding carboxylic acids is 2. The van der Waals surface area contributed by atoms with Crippen LogP contribution in [0.1, 0.15) is 31.4 Å². The van der Waals surface area contributed by atoms with Crippen molar-refractivity contribution >= 4 is 23.6 Å². The second-order valence-corrected chi connectivity index (χ2v) is 5.80. The molecule has 0 heterocycles. The van der Waals surface area contributed by atoms with Crippen LogP contribution in [0.2, 0.25) is 0 Å². The number of rotatable bonds is 7. The predicted octanol–water partition coefficient (Wildman–Crippen LogP) is 2.14. The van der Waals surface area contributed by atoms with E-state index in [4.69, 9.17) is 5.11 Å². The number of carboxylic acids is 1. The Balaban J connectivity index is 2.67. The number of nitrogens with zero attached hydrogens (tertiary/aromatic N) is 1. The van der Waals surface area contributed by atoms with E-state index in [1.807, 2.05) is 32.9 Å². The van der Waals surface area contributed by atoms with Crippen LogP contribution in [0, 0.1) is 13.8 Å². The van der Waals surface area contributed by atoms with Crippen LogP contribution >= 0.6 is 0 Å². The fourth-order valence-electron chi connectivity index (χ4n) is 2.36. The summed E-state index contributed by atoms with van der Waals surface area (Å²) in [5, 5.41) is 13.8. The first-order valence-corrected chi connectivity index (χ1v) is 7.89. The Labute approximate surface area is 142 Å². The molecule has 0 bridgehead atoms. The number of hydrogen-bond acceptors (Lipinski definition) is 4. The van der Waals surface area contributed by atoms with E-state index in [1.54, 1.807) is 13.0 Å². The highest BCUT2D eigenvalue weighted by Gasteiger charge is 2.24. The maximum Gasteiger partial charge on any atom is 0.325 e. The summed E-state index contributed by atoms with van der Waals surface area (Å²) < 4.78 is 0. The first-order chi connectivity index (χ1) is 11.2. The summed E-state index contributed by atoms with van der Waals surface area (Å²) in [6.45, 7) is 7.50. The van der Waals surface area contributed by atoms with Crippen molar-refractivity contribution in [2.45, 2.75) is 40.2 Å². The van der Waals surface area contributed by atoms with Crippen LogP contribution in [0.5, 0.6) is 0 Å². The summed E-state index contributed by atoms with van der Waals surface area (Å²) in [4.78, 5) is 36.6. The fourth-order valence-corrected chi connectivity index (χ4v) is 2.36. The molecule has 0 saturated heterocycles. The number of anilines is 1. The minimum atomic E-state index is -1.01.